The zero-order valence-electron chi connectivity index (χ0n) is 13.6. The van der Waals surface area contributed by atoms with Crippen molar-refractivity contribution in [1.29, 1.82) is 0 Å². The number of nitrogens with one attached hydrogen (secondary N) is 3. The van der Waals surface area contributed by atoms with E-state index in [4.69, 9.17) is 0 Å². The molecule has 4 heteroatoms. The lowest BCUT2D eigenvalue weighted by Crippen LogP contribution is -2.45. The van der Waals surface area contributed by atoms with Gasteiger partial charge in [-0.15, -0.1) is 0 Å². The Bertz CT molecular complexity index is 390. The lowest BCUT2D eigenvalue weighted by molar-refractivity contribution is 0.176. The van der Waals surface area contributed by atoms with Crippen LogP contribution in [0.15, 0.2) is 24.3 Å². The molecule has 4 rings (SSSR count). The summed E-state index contributed by atoms with van der Waals surface area (Å²) in [7, 11) is 0. The van der Waals surface area contributed by atoms with Gasteiger partial charge >= 0.3 is 0 Å². The Morgan fingerprint density at radius 1 is 0.773 bits per heavy atom. The van der Waals surface area contributed by atoms with Gasteiger partial charge in [0.2, 0.25) is 0 Å². The molecule has 3 aliphatic rings. The fourth-order valence-corrected chi connectivity index (χ4v) is 3.45. The van der Waals surface area contributed by atoms with Crippen molar-refractivity contribution in [2.24, 2.45) is 0 Å². The average Bonchev–Trinajstić information content (AvgIpc) is 2.52. The van der Waals surface area contributed by atoms with Gasteiger partial charge in [-0.2, -0.15) is 0 Å². The molecule has 0 aliphatic carbocycles. The maximum atomic E-state index is 3.68. The molecule has 1 saturated heterocycles. The van der Waals surface area contributed by atoms with Gasteiger partial charge in [0.15, 0.2) is 0 Å². The normalized spacial score (nSPS) is 25.7. The molecule has 3 aliphatic heterocycles. The fourth-order valence-electron chi connectivity index (χ4n) is 3.45. The average molecular weight is 302 g/mol. The van der Waals surface area contributed by atoms with Crippen LogP contribution in [0.3, 0.4) is 0 Å². The van der Waals surface area contributed by atoms with Crippen LogP contribution in [0.2, 0.25) is 0 Å². The van der Waals surface area contributed by atoms with Gasteiger partial charge < -0.3 is 16.0 Å². The minimum Gasteiger partial charge on any atom is -0.315 e. The minimum absolute atomic E-state index is 0.621. The zero-order chi connectivity index (χ0) is 15.0. The van der Waals surface area contributed by atoms with Crippen molar-refractivity contribution in [1.82, 2.24) is 20.9 Å². The Kier molecular flexibility index (Phi) is 6.25. The number of fused-ring (bicyclic) bond motifs is 2. The van der Waals surface area contributed by atoms with Crippen molar-refractivity contribution in [3.63, 3.8) is 0 Å². The molecule has 0 spiro atoms. The van der Waals surface area contributed by atoms with E-state index in [1.807, 2.05) is 0 Å². The molecule has 3 N–H and O–H groups in total. The smallest absolute Gasteiger partial charge is 0.0264 e. The quantitative estimate of drug-likeness (QED) is 0.668. The van der Waals surface area contributed by atoms with Crippen molar-refractivity contribution in [2.45, 2.75) is 31.8 Å². The summed E-state index contributed by atoms with van der Waals surface area (Å²) in [5, 5.41) is 10.7. The molecule has 0 amide bonds. The Morgan fingerprint density at radius 3 is 2.27 bits per heavy atom. The van der Waals surface area contributed by atoms with Crippen LogP contribution in [-0.4, -0.2) is 56.8 Å². The van der Waals surface area contributed by atoms with Gasteiger partial charge in [0.25, 0.3) is 0 Å². The van der Waals surface area contributed by atoms with Crippen molar-refractivity contribution in [3.05, 3.63) is 35.4 Å². The maximum Gasteiger partial charge on any atom is 0.0264 e. The summed E-state index contributed by atoms with van der Waals surface area (Å²) in [6.07, 6.45) is 3.60. The molecule has 0 radical (unpaired) electrons. The molecule has 4 nitrogen and oxygen atoms in total. The summed E-state index contributed by atoms with van der Waals surface area (Å²) in [4.78, 5) is 2.68. The second kappa shape index (κ2) is 8.63. The zero-order valence-corrected chi connectivity index (χ0v) is 13.6. The fraction of sp³-hybridized carbons (Fsp3) is 0.667. The summed E-state index contributed by atoms with van der Waals surface area (Å²) in [5.41, 5.74) is 2.92. The van der Waals surface area contributed by atoms with E-state index in [9.17, 15) is 0 Å². The highest BCUT2D eigenvalue weighted by atomic mass is 15.2. The van der Waals surface area contributed by atoms with E-state index in [-0.39, 0.29) is 0 Å². The number of hydrogen-bond acceptors (Lipinski definition) is 4. The largest absolute Gasteiger partial charge is 0.315 e. The van der Waals surface area contributed by atoms with Crippen molar-refractivity contribution < 1.29 is 0 Å². The summed E-state index contributed by atoms with van der Waals surface area (Å²) >= 11 is 0. The molecule has 1 atom stereocenters. The van der Waals surface area contributed by atoms with E-state index in [1.54, 1.807) is 0 Å². The number of rotatable bonds is 0. The Morgan fingerprint density at radius 2 is 1.45 bits per heavy atom. The van der Waals surface area contributed by atoms with Gasteiger partial charge in [-0.3, -0.25) is 4.90 Å². The van der Waals surface area contributed by atoms with Crippen molar-refractivity contribution in [2.75, 3.05) is 45.8 Å². The molecule has 1 unspecified atom stereocenters. The van der Waals surface area contributed by atoms with Gasteiger partial charge in [-0.05, 0) is 50.0 Å². The third-order valence-corrected chi connectivity index (χ3v) is 4.76. The van der Waals surface area contributed by atoms with Crippen LogP contribution in [0.4, 0.5) is 0 Å². The highest BCUT2D eigenvalue weighted by Gasteiger charge is 2.21. The predicted molar refractivity (Wildman–Crippen MR) is 92.2 cm³/mol. The van der Waals surface area contributed by atoms with Crippen LogP contribution in [-0.2, 0) is 13.0 Å². The van der Waals surface area contributed by atoms with E-state index in [2.05, 4.69) is 45.1 Å². The van der Waals surface area contributed by atoms with Crippen LogP contribution in [0.5, 0.6) is 0 Å². The molecule has 3 heterocycles. The summed E-state index contributed by atoms with van der Waals surface area (Å²) in [6.45, 7) is 8.89. The standard InChI is InChI=1S/C18H30N4/c1-7-19-10-11-20-9-2-12-22-15-17-5-3-16(4-6-17)13-18(22)14-21-8-1/h3-6,18-21H,1-2,7-15H2. The first-order valence-electron chi connectivity index (χ1n) is 8.86. The molecule has 1 fully saturated rings. The van der Waals surface area contributed by atoms with Gasteiger partial charge in [0.05, 0.1) is 0 Å². The summed E-state index contributed by atoms with van der Waals surface area (Å²) in [6, 6.07) is 9.84. The number of hydrogen-bond donors (Lipinski definition) is 3. The summed E-state index contributed by atoms with van der Waals surface area (Å²) in [5.74, 6) is 0. The SMILES string of the molecule is c1cc2ccc1CC1CNCCCNCCNCCCN1C2. The molecule has 1 aromatic carbocycles. The van der Waals surface area contributed by atoms with Gasteiger partial charge in [0.1, 0.15) is 0 Å². The first-order chi connectivity index (χ1) is 10.9. The van der Waals surface area contributed by atoms with Crippen LogP contribution in [0, 0.1) is 0 Å². The van der Waals surface area contributed by atoms with Crippen LogP contribution >= 0.6 is 0 Å². The minimum atomic E-state index is 0.621. The lowest BCUT2D eigenvalue weighted by atomic mass is 9.98. The van der Waals surface area contributed by atoms with Crippen LogP contribution in [0.1, 0.15) is 24.0 Å². The Balaban J connectivity index is 1.63. The van der Waals surface area contributed by atoms with E-state index in [0.29, 0.717) is 6.04 Å². The highest BCUT2D eigenvalue weighted by molar-refractivity contribution is 5.25. The lowest BCUT2D eigenvalue weighted by Gasteiger charge is -2.34. The van der Waals surface area contributed by atoms with Gasteiger partial charge in [0, 0.05) is 38.8 Å². The molecular weight excluding hydrogens is 272 g/mol. The van der Waals surface area contributed by atoms with E-state index in [1.165, 1.54) is 36.9 Å². The van der Waals surface area contributed by atoms with Crippen molar-refractivity contribution in [3.8, 4) is 0 Å². The third kappa shape index (κ3) is 4.78. The van der Waals surface area contributed by atoms with E-state index < -0.39 is 0 Å². The first kappa shape index (κ1) is 15.9. The molecule has 0 saturated carbocycles. The Labute approximate surface area is 134 Å². The third-order valence-electron chi connectivity index (χ3n) is 4.76. The predicted octanol–water partition coefficient (Wildman–Crippen LogP) is 0.976. The maximum absolute atomic E-state index is 3.68. The molecule has 122 valence electrons. The van der Waals surface area contributed by atoms with E-state index in [0.717, 1.165) is 45.8 Å². The van der Waals surface area contributed by atoms with E-state index >= 15 is 0 Å². The van der Waals surface area contributed by atoms with Crippen LogP contribution in [0.25, 0.3) is 0 Å². The second-order valence-corrected chi connectivity index (χ2v) is 6.56. The molecule has 1 aromatic rings. The number of nitrogens with zero attached hydrogens (tertiary/aromatic N) is 1. The first-order valence-corrected chi connectivity index (χ1v) is 8.86. The molecule has 22 heavy (non-hydrogen) atoms. The summed E-state index contributed by atoms with van der Waals surface area (Å²) < 4.78 is 0. The Hall–Kier alpha value is -0.940. The van der Waals surface area contributed by atoms with Crippen molar-refractivity contribution >= 4 is 0 Å². The highest BCUT2D eigenvalue weighted by Crippen LogP contribution is 2.18. The second-order valence-electron chi connectivity index (χ2n) is 6.56. The molecule has 2 bridgehead atoms. The monoisotopic (exact) mass is 302 g/mol. The van der Waals surface area contributed by atoms with Gasteiger partial charge in [-0.25, -0.2) is 0 Å². The topological polar surface area (TPSA) is 39.3 Å². The molecule has 0 aromatic heterocycles. The number of benzene rings is 1. The molecular formula is C18H30N4. The van der Waals surface area contributed by atoms with Crippen LogP contribution < -0.4 is 16.0 Å². The van der Waals surface area contributed by atoms with Gasteiger partial charge in [-0.1, -0.05) is 24.3 Å².